The van der Waals surface area contributed by atoms with Gasteiger partial charge in [0.25, 0.3) is 0 Å². The molecular formula is C12H17NO. The molecule has 0 saturated heterocycles. The smallest absolute Gasteiger partial charge is 0.145 e. The zero-order valence-corrected chi connectivity index (χ0v) is 9.35. The summed E-state index contributed by atoms with van der Waals surface area (Å²) in [5.74, 6) is 1.07. The van der Waals surface area contributed by atoms with E-state index in [1.165, 1.54) is 22.4 Å². The lowest BCUT2D eigenvalue weighted by Crippen LogP contribution is -2.30. The average Bonchev–Trinajstić information content (AvgIpc) is 2.14. The van der Waals surface area contributed by atoms with Crippen molar-refractivity contribution in [3.63, 3.8) is 0 Å². The average molecular weight is 191 g/mol. The molecule has 0 saturated carbocycles. The summed E-state index contributed by atoms with van der Waals surface area (Å²) in [5.41, 5.74) is 5.20. The second-order valence-electron chi connectivity index (χ2n) is 4.08. The monoisotopic (exact) mass is 191 g/mol. The second-order valence-corrected chi connectivity index (χ2v) is 4.08. The fraction of sp³-hybridized carbons (Fsp3) is 0.500. The molecule has 76 valence electrons. The summed E-state index contributed by atoms with van der Waals surface area (Å²) in [4.78, 5) is 2.29. The lowest BCUT2D eigenvalue weighted by atomic mass is 10.0. The lowest BCUT2D eigenvalue weighted by Gasteiger charge is -2.31. The largest absolute Gasteiger partial charge is 0.489 e. The van der Waals surface area contributed by atoms with Gasteiger partial charge in [-0.05, 0) is 37.5 Å². The van der Waals surface area contributed by atoms with Gasteiger partial charge in [0.15, 0.2) is 0 Å². The molecule has 0 aromatic heterocycles. The van der Waals surface area contributed by atoms with Crippen LogP contribution in [-0.4, -0.2) is 20.2 Å². The number of nitrogens with zero attached hydrogens (tertiary/aromatic N) is 1. The molecule has 0 fully saturated rings. The first-order valence-corrected chi connectivity index (χ1v) is 5.06. The molecule has 0 N–H and O–H groups in total. The third-order valence-corrected chi connectivity index (χ3v) is 3.01. The van der Waals surface area contributed by atoms with Gasteiger partial charge in [0.1, 0.15) is 12.4 Å². The van der Waals surface area contributed by atoms with Gasteiger partial charge in [-0.25, -0.2) is 0 Å². The van der Waals surface area contributed by atoms with Crippen molar-refractivity contribution in [2.75, 3.05) is 25.1 Å². The summed E-state index contributed by atoms with van der Waals surface area (Å²) in [6, 6.07) is 2.20. The molecule has 1 aromatic rings. The van der Waals surface area contributed by atoms with Crippen LogP contribution in [0.25, 0.3) is 0 Å². The van der Waals surface area contributed by atoms with Crippen LogP contribution >= 0.6 is 0 Å². The number of ether oxygens (including phenoxy) is 1. The maximum Gasteiger partial charge on any atom is 0.145 e. The number of anilines is 1. The number of benzene rings is 1. The molecule has 0 spiro atoms. The number of rotatable bonds is 0. The highest BCUT2D eigenvalue weighted by molar-refractivity contribution is 5.69. The number of hydrogen-bond donors (Lipinski definition) is 0. The molecular weight excluding hydrogens is 174 g/mol. The first-order chi connectivity index (χ1) is 6.61. The van der Waals surface area contributed by atoms with Crippen molar-refractivity contribution in [2.45, 2.75) is 20.8 Å². The third-order valence-electron chi connectivity index (χ3n) is 3.01. The van der Waals surface area contributed by atoms with E-state index >= 15 is 0 Å². The van der Waals surface area contributed by atoms with Gasteiger partial charge in [-0.1, -0.05) is 6.07 Å². The molecule has 2 heteroatoms. The van der Waals surface area contributed by atoms with Gasteiger partial charge in [0, 0.05) is 7.05 Å². The summed E-state index contributed by atoms with van der Waals surface area (Å²) in [6.07, 6.45) is 0. The molecule has 0 aliphatic carbocycles. The van der Waals surface area contributed by atoms with E-state index in [0.717, 1.165) is 18.9 Å². The van der Waals surface area contributed by atoms with Crippen LogP contribution in [-0.2, 0) is 0 Å². The first kappa shape index (κ1) is 9.38. The van der Waals surface area contributed by atoms with Crippen molar-refractivity contribution >= 4 is 5.69 Å². The minimum Gasteiger partial charge on any atom is -0.489 e. The van der Waals surface area contributed by atoms with Gasteiger partial charge < -0.3 is 9.64 Å². The molecule has 1 aromatic carbocycles. The van der Waals surface area contributed by atoms with Crippen molar-refractivity contribution in [2.24, 2.45) is 0 Å². The highest BCUT2D eigenvalue weighted by Crippen LogP contribution is 2.38. The van der Waals surface area contributed by atoms with Crippen molar-refractivity contribution in [3.8, 4) is 5.75 Å². The summed E-state index contributed by atoms with van der Waals surface area (Å²) in [6.45, 7) is 8.22. The Bertz CT molecular complexity index is 371. The third kappa shape index (κ3) is 1.26. The molecule has 1 heterocycles. The maximum absolute atomic E-state index is 5.72. The first-order valence-electron chi connectivity index (χ1n) is 5.06. The van der Waals surface area contributed by atoms with Crippen LogP contribution in [0.2, 0.25) is 0 Å². The quantitative estimate of drug-likeness (QED) is 0.624. The number of hydrogen-bond acceptors (Lipinski definition) is 2. The molecule has 2 rings (SSSR count). The molecule has 0 amide bonds. The maximum atomic E-state index is 5.72. The zero-order valence-electron chi connectivity index (χ0n) is 9.35. The van der Waals surface area contributed by atoms with Crippen LogP contribution in [0.4, 0.5) is 5.69 Å². The van der Waals surface area contributed by atoms with E-state index in [-0.39, 0.29) is 0 Å². The number of likely N-dealkylation sites (N-methyl/N-ethyl adjacent to an activating group) is 1. The van der Waals surface area contributed by atoms with Gasteiger partial charge in [-0.2, -0.15) is 0 Å². The van der Waals surface area contributed by atoms with Gasteiger partial charge in [-0.3, -0.25) is 0 Å². The fourth-order valence-corrected chi connectivity index (χ4v) is 2.08. The zero-order chi connectivity index (χ0) is 10.3. The molecule has 14 heavy (non-hydrogen) atoms. The van der Waals surface area contributed by atoms with Crippen LogP contribution in [0.3, 0.4) is 0 Å². The summed E-state index contributed by atoms with van der Waals surface area (Å²) < 4.78 is 5.72. The van der Waals surface area contributed by atoms with Gasteiger partial charge >= 0.3 is 0 Å². The normalized spacial score (nSPS) is 15.0. The number of fused-ring (bicyclic) bond motifs is 1. The van der Waals surface area contributed by atoms with Crippen LogP contribution in [0.5, 0.6) is 5.75 Å². The summed E-state index contributed by atoms with van der Waals surface area (Å²) >= 11 is 0. The molecule has 2 nitrogen and oxygen atoms in total. The van der Waals surface area contributed by atoms with Crippen LogP contribution in [0.15, 0.2) is 6.07 Å². The standard InChI is InChI=1S/C12H17NO/c1-8-7-9(2)12-11(10(8)3)13(4)5-6-14-12/h7H,5-6H2,1-4H3. The van der Waals surface area contributed by atoms with Crippen molar-refractivity contribution in [1.29, 1.82) is 0 Å². The number of aryl methyl sites for hydroxylation is 2. The predicted octanol–water partition coefficient (Wildman–Crippen LogP) is 2.44. The van der Waals surface area contributed by atoms with Crippen LogP contribution in [0, 0.1) is 20.8 Å². The van der Waals surface area contributed by atoms with Gasteiger partial charge in [0.05, 0.1) is 12.2 Å². The van der Waals surface area contributed by atoms with Gasteiger partial charge in [-0.15, -0.1) is 0 Å². The van der Waals surface area contributed by atoms with E-state index in [1.54, 1.807) is 0 Å². The second kappa shape index (κ2) is 3.19. The predicted molar refractivity (Wildman–Crippen MR) is 59.4 cm³/mol. The molecule has 0 unspecified atom stereocenters. The van der Waals surface area contributed by atoms with Crippen LogP contribution < -0.4 is 9.64 Å². The van der Waals surface area contributed by atoms with Crippen molar-refractivity contribution in [1.82, 2.24) is 0 Å². The van der Waals surface area contributed by atoms with Crippen LogP contribution in [0.1, 0.15) is 16.7 Å². The molecule has 1 aliphatic rings. The highest BCUT2D eigenvalue weighted by atomic mass is 16.5. The highest BCUT2D eigenvalue weighted by Gasteiger charge is 2.20. The summed E-state index contributed by atoms with van der Waals surface area (Å²) in [7, 11) is 2.13. The Morgan fingerprint density at radius 1 is 1.21 bits per heavy atom. The minimum atomic E-state index is 0.798. The van der Waals surface area contributed by atoms with Gasteiger partial charge in [0.2, 0.25) is 0 Å². The van der Waals surface area contributed by atoms with E-state index in [9.17, 15) is 0 Å². The Kier molecular flexibility index (Phi) is 2.14. The Morgan fingerprint density at radius 3 is 2.64 bits per heavy atom. The molecule has 1 aliphatic heterocycles. The lowest BCUT2D eigenvalue weighted by molar-refractivity contribution is 0.308. The van der Waals surface area contributed by atoms with E-state index in [2.05, 4.69) is 38.8 Å². The molecule has 0 atom stereocenters. The Morgan fingerprint density at radius 2 is 1.93 bits per heavy atom. The minimum absolute atomic E-state index is 0.798. The topological polar surface area (TPSA) is 12.5 Å². The fourth-order valence-electron chi connectivity index (χ4n) is 2.08. The van der Waals surface area contributed by atoms with Crippen molar-refractivity contribution < 1.29 is 4.74 Å². The van der Waals surface area contributed by atoms with E-state index < -0.39 is 0 Å². The SMILES string of the molecule is Cc1cc(C)c2c(c1C)N(C)CCO2. The van der Waals surface area contributed by atoms with Crippen molar-refractivity contribution in [3.05, 3.63) is 22.8 Å². The summed E-state index contributed by atoms with van der Waals surface area (Å²) in [5, 5.41) is 0. The van der Waals surface area contributed by atoms with E-state index in [4.69, 9.17) is 4.74 Å². The van der Waals surface area contributed by atoms with E-state index in [1.807, 2.05) is 0 Å². The molecule has 0 radical (unpaired) electrons. The molecule has 0 bridgehead atoms. The Labute approximate surface area is 85.5 Å². The van der Waals surface area contributed by atoms with E-state index in [0.29, 0.717) is 0 Å². The Hall–Kier alpha value is -1.18. The Balaban J connectivity index is 2.67.